The average molecular weight is 319 g/mol. The minimum Gasteiger partial charge on any atom is -0.338 e. The van der Waals surface area contributed by atoms with Gasteiger partial charge in [-0.1, -0.05) is 31.0 Å². The van der Waals surface area contributed by atoms with Gasteiger partial charge in [-0.05, 0) is 24.7 Å². The van der Waals surface area contributed by atoms with Crippen molar-refractivity contribution in [3.05, 3.63) is 22.1 Å². The minimum atomic E-state index is -0.161. The van der Waals surface area contributed by atoms with E-state index in [9.17, 15) is 9.59 Å². The fourth-order valence-electron chi connectivity index (χ4n) is 4.12. The maximum atomic E-state index is 12.8. The lowest BCUT2D eigenvalue weighted by Gasteiger charge is -2.41. The first kappa shape index (κ1) is 14.3. The van der Waals surface area contributed by atoms with Gasteiger partial charge in [-0.2, -0.15) is 0 Å². The Bertz CT molecular complexity index is 657. The van der Waals surface area contributed by atoms with Crippen molar-refractivity contribution in [3.63, 3.8) is 0 Å². The van der Waals surface area contributed by atoms with Crippen molar-refractivity contribution in [2.75, 3.05) is 18.8 Å². The van der Waals surface area contributed by atoms with E-state index in [1.165, 1.54) is 31.9 Å². The van der Waals surface area contributed by atoms with Crippen molar-refractivity contribution >= 4 is 17.7 Å². The Morgan fingerprint density at radius 3 is 2.86 bits per heavy atom. The standard InChI is InChI=1S/C16H21N3O2S/c20-14(13-9-17-16-19(15(13)21)7-8-22-16)18-6-5-11-3-1-2-4-12(11)10-18/h9,11-12H,1-8,10H2/t11-,12+/m0/s1. The van der Waals surface area contributed by atoms with Gasteiger partial charge in [0, 0.05) is 31.6 Å². The van der Waals surface area contributed by atoms with Crippen LogP contribution in [-0.4, -0.2) is 39.2 Å². The highest BCUT2D eigenvalue weighted by atomic mass is 32.2. The largest absolute Gasteiger partial charge is 0.338 e. The van der Waals surface area contributed by atoms with E-state index in [1.807, 2.05) is 4.90 Å². The first-order valence-electron chi connectivity index (χ1n) is 8.26. The number of carbonyl (C=O) groups excluding carboxylic acids is 1. The number of likely N-dealkylation sites (tertiary alicyclic amines) is 1. The first-order chi connectivity index (χ1) is 10.7. The van der Waals surface area contributed by atoms with Gasteiger partial charge in [-0.15, -0.1) is 0 Å². The summed E-state index contributed by atoms with van der Waals surface area (Å²) in [6.07, 6.45) is 7.74. The molecule has 22 heavy (non-hydrogen) atoms. The number of amides is 1. The van der Waals surface area contributed by atoms with E-state index in [1.54, 1.807) is 16.3 Å². The van der Waals surface area contributed by atoms with Gasteiger partial charge in [-0.25, -0.2) is 4.98 Å². The molecule has 1 amide bonds. The number of piperidine rings is 1. The van der Waals surface area contributed by atoms with Crippen LogP contribution in [0.5, 0.6) is 0 Å². The SMILES string of the molecule is O=C(c1cnc2n(c1=O)CCS2)N1CC[C@@H]2CCCC[C@@H]2C1. The van der Waals surface area contributed by atoms with Crippen molar-refractivity contribution in [1.29, 1.82) is 0 Å². The molecular weight excluding hydrogens is 298 g/mol. The van der Waals surface area contributed by atoms with Crippen LogP contribution in [0.3, 0.4) is 0 Å². The second-order valence-corrected chi connectivity index (χ2v) is 7.67. The van der Waals surface area contributed by atoms with Crippen LogP contribution in [0.2, 0.25) is 0 Å². The Morgan fingerprint density at radius 2 is 2.00 bits per heavy atom. The summed E-state index contributed by atoms with van der Waals surface area (Å²) in [6, 6.07) is 0. The summed E-state index contributed by atoms with van der Waals surface area (Å²) in [5, 5.41) is 0.743. The molecule has 1 aliphatic carbocycles. The van der Waals surface area contributed by atoms with E-state index in [0.29, 0.717) is 12.5 Å². The number of aromatic nitrogens is 2. The van der Waals surface area contributed by atoms with Gasteiger partial charge >= 0.3 is 0 Å². The third-order valence-electron chi connectivity index (χ3n) is 5.37. The topological polar surface area (TPSA) is 55.2 Å². The molecule has 1 aromatic heterocycles. The van der Waals surface area contributed by atoms with Gasteiger partial charge in [0.25, 0.3) is 11.5 Å². The second kappa shape index (κ2) is 5.72. The summed E-state index contributed by atoms with van der Waals surface area (Å²) in [5.41, 5.74) is 0.0891. The highest BCUT2D eigenvalue weighted by Crippen LogP contribution is 2.36. The van der Waals surface area contributed by atoms with Gasteiger partial charge in [0.1, 0.15) is 5.56 Å². The van der Waals surface area contributed by atoms with Crippen molar-refractivity contribution in [2.45, 2.75) is 43.8 Å². The van der Waals surface area contributed by atoms with Gasteiger partial charge < -0.3 is 4.90 Å². The van der Waals surface area contributed by atoms with Crippen LogP contribution in [0.1, 0.15) is 42.5 Å². The Balaban J connectivity index is 1.56. The summed E-state index contributed by atoms with van der Waals surface area (Å²) in [5.74, 6) is 2.17. The van der Waals surface area contributed by atoms with E-state index >= 15 is 0 Å². The fraction of sp³-hybridized carbons (Fsp3) is 0.688. The quantitative estimate of drug-likeness (QED) is 0.743. The number of hydrogen-bond acceptors (Lipinski definition) is 4. The molecule has 0 bridgehead atoms. The maximum Gasteiger partial charge on any atom is 0.267 e. The van der Waals surface area contributed by atoms with Crippen LogP contribution < -0.4 is 5.56 Å². The second-order valence-electron chi connectivity index (χ2n) is 6.60. The number of carbonyl (C=O) groups is 1. The van der Waals surface area contributed by atoms with Crippen molar-refractivity contribution in [2.24, 2.45) is 11.8 Å². The predicted molar refractivity (Wildman–Crippen MR) is 85.2 cm³/mol. The molecule has 3 heterocycles. The summed E-state index contributed by atoms with van der Waals surface area (Å²) in [7, 11) is 0. The van der Waals surface area contributed by atoms with Gasteiger partial charge in [0.2, 0.25) is 0 Å². The number of fused-ring (bicyclic) bond motifs is 2. The van der Waals surface area contributed by atoms with E-state index in [2.05, 4.69) is 4.98 Å². The number of nitrogens with zero attached hydrogens (tertiary/aromatic N) is 3. The van der Waals surface area contributed by atoms with Crippen LogP contribution in [-0.2, 0) is 6.54 Å². The highest BCUT2D eigenvalue weighted by Gasteiger charge is 2.34. The lowest BCUT2D eigenvalue weighted by Crippen LogP contribution is -2.46. The van der Waals surface area contributed by atoms with E-state index in [4.69, 9.17) is 0 Å². The Hall–Kier alpha value is -1.30. The molecule has 2 aliphatic heterocycles. The molecule has 0 radical (unpaired) electrons. The smallest absolute Gasteiger partial charge is 0.267 e. The third kappa shape index (κ3) is 2.37. The molecule has 6 heteroatoms. The van der Waals surface area contributed by atoms with Crippen molar-refractivity contribution < 1.29 is 4.79 Å². The fourth-order valence-corrected chi connectivity index (χ4v) is 5.03. The molecule has 3 aliphatic rings. The molecule has 1 saturated heterocycles. The molecule has 2 atom stereocenters. The zero-order valence-electron chi connectivity index (χ0n) is 12.7. The molecule has 0 N–H and O–H groups in total. The summed E-state index contributed by atoms with van der Waals surface area (Å²) >= 11 is 1.58. The van der Waals surface area contributed by atoms with Crippen LogP contribution in [0.15, 0.2) is 16.1 Å². The van der Waals surface area contributed by atoms with Crippen LogP contribution in [0, 0.1) is 11.8 Å². The van der Waals surface area contributed by atoms with Crippen LogP contribution in [0.25, 0.3) is 0 Å². The lowest BCUT2D eigenvalue weighted by molar-refractivity contribution is 0.0518. The van der Waals surface area contributed by atoms with E-state index in [-0.39, 0.29) is 17.0 Å². The molecule has 1 saturated carbocycles. The number of hydrogen-bond donors (Lipinski definition) is 0. The van der Waals surface area contributed by atoms with E-state index in [0.717, 1.165) is 36.3 Å². The molecule has 5 nitrogen and oxygen atoms in total. The number of thioether (sulfide) groups is 1. The van der Waals surface area contributed by atoms with Crippen molar-refractivity contribution in [3.8, 4) is 0 Å². The normalized spacial score (nSPS) is 27.4. The molecule has 0 spiro atoms. The van der Waals surface area contributed by atoms with Gasteiger partial charge in [0.05, 0.1) is 0 Å². The molecule has 4 rings (SSSR count). The average Bonchev–Trinajstić information content (AvgIpc) is 3.04. The predicted octanol–water partition coefficient (Wildman–Crippen LogP) is 2.00. The minimum absolute atomic E-state index is 0.117. The summed E-state index contributed by atoms with van der Waals surface area (Å²) < 4.78 is 1.64. The van der Waals surface area contributed by atoms with Crippen molar-refractivity contribution in [1.82, 2.24) is 14.5 Å². The molecule has 2 fully saturated rings. The van der Waals surface area contributed by atoms with Gasteiger partial charge in [0.15, 0.2) is 5.16 Å². The molecule has 0 unspecified atom stereocenters. The zero-order chi connectivity index (χ0) is 15.1. The van der Waals surface area contributed by atoms with Crippen LogP contribution in [0.4, 0.5) is 0 Å². The summed E-state index contributed by atoms with van der Waals surface area (Å²) in [6.45, 7) is 2.27. The Labute approximate surface area is 134 Å². The molecular formula is C16H21N3O2S. The number of rotatable bonds is 1. The Kier molecular flexibility index (Phi) is 3.72. The summed E-state index contributed by atoms with van der Waals surface area (Å²) in [4.78, 5) is 31.4. The molecule has 118 valence electrons. The first-order valence-corrected chi connectivity index (χ1v) is 9.24. The Morgan fingerprint density at radius 1 is 1.18 bits per heavy atom. The monoisotopic (exact) mass is 319 g/mol. The maximum absolute atomic E-state index is 12.8. The van der Waals surface area contributed by atoms with Gasteiger partial charge in [-0.3, -0.25) is 14.2 Å². The van der Waals surface area contributed by atoms with E-state index < -0.39 is 0 Å². The highest BCUT2D eigenvalue weighted by molar-refractivity contribution is 7.99. The lowest BCUT2D eigenvalue weighted by atomic mass is 9.75. The molecule has 1 aromatic rings. The van der Waals surface area contributed by atoms with Crippen LogP contribution >= 0.6 is 11.8 Å². The third-order valence-corrected chi connectivity index (χ3v) is 6.34. The molecule has 0 aromatic carbocycles. The zero-order valence-corrected chi connectivity index (χ0v) is 13.5.